The van der Waals surface area contributed by atoms with Crippen molar-refractivity contribution in [3.8, 4) is 0 Å². The van der Waals surface area contributed by atoms with E-state index in [4.69, 9.17) is 28.2 Å². The molecule has 0 fully saturated rings. The van der Waals surface area contributed by atoms with Crippen molar-refractivity contribution in [2.75, 3.05) is 25.5 Å². The van der Waals surface area contributed by atoms with Gasteiger partial charge in [0.15, 0.2) is 0 Å². The summed E-state index contributed by atoms with van der Waals surface area (Å²) in [7, 11) is 2.18. The van der Waals surface area contributed by atoms with Gasteiger partial charge in [0, 0.05) is 37.6 Å². The van der Waals surface area contributed by atoms with Crippen LogP contribution in [-0.4, -0.2) is 54.2 Å². The Hall–Kier alpha value is -2.24. The number of amidine groups is 1. The number of benzene rings is 1. The van der Waals surface area contributed by atoms with Gasteiger partial charge in [0.25, 0.3) is 0 Å². The van der Waals surface area contributed by atoms with Crippen molar-refractivity contribution < 1.29 is 4.79 Å². The zero-order chi connectivity index (χ0) is 28.8. The molecule has 211 valence electrons. The molecule has 0 saturated heterocycles. The number of hydrogen-bond donors (Lipinski definition) is 0. The Morgan fingerprint density at radius 1 is 1.08 bits per heavy atom. The highest BCUT2D eigenvalue weighted by Crippen LogP contribution is 2.29. The van der Waals surface area contributed by atoms with Crippen molar-refractivity contribution >= 4 is 42.1 Å². The molecule has 1 amide bonds. The zero-order valence-electron chi connectivity index (χ0n) is 24.4. The lowest BCUT2D eigenvalue weighted by Gasteiger charge is -2.28. The van der Waals surface area contributed by atoms with Crippen LogP contribution in [0.15, 0.2) is 81.9 Å². The SMILES string of the molecule is C=C/C(=C\C=C(\Cl)CCl)C1=C(CC(C)C)[B]C(N(CCC(=O)N(CCC)CCC(C)C)Cc2ccccc2)=N1. The molecular formula is C32H45BCl2N3O. The number of amides is 1. The lowest BCUT2D eigenvalue weighted by molar-refractivity contribution is -0.131. The minimum atomic E-state index is 0.206. The predicted molar refractivity (Wildman–Crippen MR) is 170 cm³/mol. The fourth-order valence-electron chi connectivity index (χ4n) is 4.43. The van der Waals surface area contributed by atoms with Gasteiger partial charge in [0.2, 0.25) is 13.2 Å². The van der Waals surface area contributed by atoms with Gasteiger partial charge < -0.3 is 9.80 Å². The Morgan fingerprint density at radius 3 is 2.38 bits per heavy atom. The van der Waals surface area contributed by atoms with Gasteiger partial charge in [0.1, 0.15) is 0 Å². The molecule has 1 aliphatic rings. The summed E-state index contributed by atoms with van der Waals surface area (Å²) in [5, 5.41) is 0.562. The Labute approximate surface area is 247 Å². The summed E-state index contributed by atoms with van der Waals surface area (Å²) in [6.45, 7) is 17.9. The Balaban J connectivity index is 2.36. The molecule has 4 nitrogen and oxygen atoms in total. The third kappa shape index (κ3) is 11.4. The summed E-state index contributed by atoms with van der Waals surface area (Å²) in [6, 6.07) is 10.4. The van der Waals surface area contributed by atoms with Crippen molar-refractivity contribution in [3.63, 3.8) is 0 Å². The molecule has 1 aliphatic heterocycles. The lowest BCUT2D eigenvalue weighted by Crippen LogP contribution is -2.39. The summed E-state index contributed by atoms with van der Waals surface area (Å²) >= 11 is 12.0. The third-order valence-corrected chi connectivity index (χ3v) is 7.17. The molecule has 0 aromatic heterocycles. The van der Waals surface area contributed by atoms with Crippen LogP contribution in [0.4, 0.5) is 0 Å². The van der Waals surface area contributed by atoms with Gasteiger partial charge in [-0.25, -0.2) is 4.99 Å². The van der Waals surface area contributed by atoms with Gasteiger partial charge in [0.05, 0.1) is 17.3 Å². The second-order valence-electron chi connectivity index (χ2n) is 10.9. The average molecular weight is 569 g/mol. The van der Waals surface area contributed by atoms with Gasteiger partial charge in [-0.2, -0.15) is 0 Å². The lowest BCUT2D eigenvalue weighted by atomic mass is 9.65. The number of rotatable bonds is 16. The second kappa shape index (κ2) is 17.5. The maximum absolute atomic E-state index is 13.3. The third-order valence-electron chi connectivity index (χ3n) is 6.49. The summed E-state index contributed by atoms with van der Waals surface area (Å²) in [5.41, 5.74) is 5.02. The molecule has 0 atom stereocenters. The summed E-state index contributed by atoms with van der Waals surface area (Å²) in [6.07, 6.45) is 8.86. The van der Waals surface area contributed by atoms with E-state index >= 15 is 0 Å². The predicted octanol–water partition coefficient (Wildman–Crippen LogP) is 7.97. The first-order chi connectivity index (χ1) is 18.7. The molecule has 1 heterocycles. The molecule has 0 N–H and O–H groups in total. The standard InChI is InChI=1S/C32H45BCl2N3O/c1-7-18-37(19-16-24(3)4)30(39)17-20-38(23-26-12-10-9-11-13-26)32-33-29(21-25(5)6)31(36-32)27(8-2)14-15-28(35)22-34/h8-15,24-25H,2,7,16-23H2,1,3-6H3/b27-14+,28-15+. The van der Waals surface area contributed by atoms with Crippen molar-refractivity contribution in [1.29, 1.82) is 0 Å². The normalized spacial score (nSPS) is 14.1. The smallest absolute Gasteiger partial charge is 0.237 e. The zero-order valence-corrected chi connectivity index (χ0v) is 25.9. The number of alkyl halides is 1. The molecule has 1 radical (unpaired) electrons. The summed E-state index contributed by atoms with van der Waals surface area (Å²) in [4.78, 5) is 22.7. The first kappa shape index (κ1) is 33.0. The van der Waals surface area contributed by atoms with Gasteiger partial charge in [-0.15, -0.1) is 11.6 Å². The molecule has 0 bridgehead atoms. The van der Waals surface area contributed by atoms with E-state index in [1.807, 2.05) is 35.3 Å². The second-order valence-corrected chi connectivity index (χ2v) is 11.6. The Morgan fingerprint density at radius 2 is 1.79 bits per heavy atom. The van der Waals surface area contributed by atoms with Crippen LogP contribution in [0.5, 0.6) is 0 Å². The van der Waals surface area contributed by atoms with Crippen LogP contribution < -0.4 is 0 Å². The quantitative estimate of drug-likeness (QED) is 0.115. The molecule has 39 heavy (non-hydrogen) atoms. The molecular weight excluding hydrogens is 524 g/mol. The van der Waals surface area contributed by atoms with E-state index in [0.717, 1.165) is 54.8 Å². The maximum atomic E-state index is 13.3. The topological polar surface area (TPSA) is 35.9 Å². The van der Waals surface area contributed by atoms with E-state index in [1.54, 1.807) is 6.08 Å². The number of carbonyl (C=O) groups is 1. The number of allylic oxidation sites excluding steroid dienone is 5. The minimum Gasteiger partial charge on any atom is -0.363 e. The van der Waals surface area contributed by atoms with Crippen molar-refractivity contribution in [2.24, 2.45) is 16.8 Å². The average Bonchev–Trinajstić information content (AvgIpc) is 3.31. The minimum absolute atomic E-state index is 0.206. The largest absolute Gasteiger partial charge is 0.363 e. The molecule has 0 unspecified atom stereocenters. The van der Waals surface area contributed by atoms with Crippen molar-refractivity contribution in [3.05, 3.63) is 82.5 Å². The highest BCUT2D eigenvalue weighted by atomic mass is 35.5. The Bertz CT molecular complexity index is 1060. The van der Waals surface area contributed by atoms with Gasteiger partial charge in [-0.1, -0.05) is 101 Å². The molecule has 1 aromatic carbocycles. The first-order valence-corrected chi connectivity index (χ1v) is 15.1. The van der Waals surface area contributed by atoms with E-state index in [9.17, 15) is 4.79 Å². The van der Waals surface area contributed by atoms with Crippen LogP contribution in [0, 0.1) is 11.8 Å². The van der Waals surface area contributed by atoms with E-state index in [-0.39, 0.29) is 11.8 Å². The summed E-state index contributed by atoms with van der Waals surface area (Å²) < 4.78 is 0. The highest BCUT2D eigenvalue weighted by Gasteiger charge is 2.26. The van der Waals surface area contributed by atoms with E-state index in [0.29, 0.717) is 36.4 Å². The number of carbonyl (C=O) groups excluding carboxylic acids is 1. The monoisotopic (exact) mass is 568 g/mol. The van der Waals surface area contributed by atoms with Gasteiger partial charge >= 0.3 is 0 Å². The van der Waals surface area contributed by atoms with Crippen LogP contribution >= 0.6 is 23.2 Å². The first-order valence-electron chi connectivity index (χ1n) is 14.2. The van der Waals surface area contributed by atoms with Crippen LogP contribution in [0.25, 0.3) is 0 Å². The van der Waals surface area contributed by atoms with Crippen LogP contribution in [-0.2, 0) is 11.3 Å². The molecule has 0 saturated carbocycles. The highest BCUT2D eigenvalue weighted by molar-refractivity contribution is 6.81. The fraction of sp³-hybridized carbons (Fsp3) is 0.500. The van der Waals surface area contributed by atoms with Crippen LogP contribution in [0.1, 0.15) is 65.9 Å². The van der Waals surface area contributed by atoms with E-state index in [1.165, 1.54) is 5.56 Å². The molecule has 7 heteroatoms. The summed E-state index contributed by atoms with van der Waals surface area (Å²) in [5.74, 6) is 1.49. The Kier molecular flexibility index (Phi) is 14.8. The molecule has 0 spiro atoms. The molecule has 0 aliphatic carbocycles. The van der Waals surface area contributed by atoms with Gasteiger partial charge in [-0.3, -0.25) is 4.79 Å². The number of nitrogens with zero attached hydrogens (tertiary/aromatic N) is 3. The maximum Gasteiger partial charge on any atom is 0.237 e. The van der Waals surface area contributed by atoms with Gasteiger partial charge in [-0.05, 0) is 48.3 Å². The van der Waals surface area contributed by atoms with Crippen molar-refractivity contribution in [1.82, 2.24) is 9.80 Å². The number of aliphatic imine (C=N–C) groups is 1. The van der Waals surface area contributed by atoms with E-state index in [2.05, 4.69) is 65.5 Å². The van der Waals surface area contributed by atoms with E-state index < -0.39 is 0 Å². The number of hydrogen-bond acceptors (Lipinski definition) is 3. The molecule has 1 aromatic rings. The van der Waals surface area contributed by atoms with Crippen molar-refractivity contribution in [2.45, 2.75) is 66.8 Å². The number of halogens is 2. The fourth-order valence-corrected chi connectivity index (χ4v) is 4.58. The van der Waals surface area contributed by atoms with Crippen LogP contribution in [0.2, 0.25) is 0 Å². The molecule has 2 rings (SSSR count). The van der Waals surface area contributed by atoms with Crippen LogP contribution in [0.3, 0.4) is 0 Å².